The largest absolute Gasteiger partial charge is 0.473 e. The van der Waals surface area contributed by atoms with Crippen LogP contribution in [0.5, 0.6) is 11.5 Å². The molecule has 29 heavy (non-hydrogen) atoms. The number of hydrogen-bond acceptors (Lipinski definition) is 3. The predicted molar refractivity (Wildman–Crippen MR) is 131 cm³/mol. The molecule has 166 valence electrons. The maximum atomic E-state index is 12.3. The summed E-state index contributed by atoms with van der Waals surface area (Å²) in [5.41, 5.74) is 0.620. The third kappa shape index (κ3) is 7.52. The molecule has 0 N–H and O–H groups in total. The summed E-state index contributed by atoms with van der Waals surface area (Å²) in [5, 5.41) is 0.0540. The molecule has 0 fully saturated rings. The molecule has 3 nitrogen and oxygen atoms in total. The van der Waals surface area contributed by atoms with Crippen molar-refractivity contribution in [1.29, 1.82) is 0 Å². The minimum atomic E-state index is -0.840. The number of hydrogen-bond donors (Lipinski definition) is 0. The van der Waals surface area contributed by atoms with E-state index in [1.807, 2.05) is 18.2 Å². The molecule has 0 unspecified atom stereocenters. The molecule has 0 bridgehead atoms. The fraction of sp³-hybridized carbons (Fsp3) is 0.708. The van der Waals surface area contributed by atoms with Crippen LogP contribution in [0.4, 0.5) is 0 Å². The van der Waals surface area contributed by atoms with E-state index in [1.54, 1.807) is 6.92 Å². The Kier molecular flexibility index (Phi) is 8.04. The van der Waals surface area contributed by atoms with E-state index < -0.39 is 16.3 Å². The van der Waals surface area contributed by atoms with E-state index in [4.69, 9.17) is 9.05 Å². The number of benzene rings is 1. The molecule has 0 amide bonds. The van der Waals surface area contributed by atoms with Gasteiger partial charge in [0.2, 0.25) is 0 Å². The van der Waals surface area contributed by atoms with Gasteiger partial charge < -0.3 is 9.05 Å². The van der Waals surface area contributed by atoms with Crippen LogP contribution < -0.4 is 9.05 Å². The molecule has 1 aromatic rings. The molecule has 1 rings (SSSR count). The van der Waals surface area contributed by atoms with E-state index in [1.165, 1.54) is 0 Å². The lowest BCUT2D eigenvalue weighted by Crippen LogP contribution is -2.28. The van der Waals surface area contributed by atoms with E-state index in [2.05, 4.69) is 83.1 Å². The van der Waals surface area contributed by atoms with Crippen molar-refractivity contribution in [3.63, 3.8) is 0 Å². The summed E-state index contributed by atoms with van der Waals surface area (Å²) in [6, 6.07) is 5.69. The zero-order valence-electron chi connectivity index (χ0n) is 20.9. The number of carbonyl (C=O) groups is 1. The summed E-state index contributed by atoms with van der Waals surface area (Å²) in [6.07, 6.45) is 0. The number of rotatable bonds is 5. The van der Waals surface area contributed by atoms with Crippen molar-refractivity contribution >= 4 is 22.1 Å². The average Bonchev–Trinajstić information content (AvgIpc) is 2.45. The van der Waals surface area contributed by atoms with E-state index >= 15 is 0 Å². The normalized spacial score (nSPS) is 13.8. The van der Waals surface area contributed by atoms with Gasteiger partial charge in [0.1, 0.15) is 11.5 Å². The fourth-order valence-electron chi connectivity index (χ4n) is 3.69. The topological polar surface area (TPSA) is 35.5 Å². The second-order valence-corrected chi connectivity index (χ2v) is 18.6. The van der Waals surface area contributed by atoms with Crippen LogP contribution in [0.25, 0.3) is 0 Å². The molecule has 1 aromatic carbocycles. The Labute approximate surface area is 182 Å². The highest BCUT2D eigenvalue weighted by Gasteiger charge is 2.39. The summed E-state index contributed by atoms with van der Waals surface area (Å²) < 4.78 is 13.2. The zero-order valence-corrected chi connectivity index (χ0v) is 22.6. The molecule has 0 aromatic heterocycles. The van der Waals surface area contributed by atoms with Gasteiger partial charge in [0.05, 0.1) is 21.9 Å². The van der Waals surface area contributed by atoms with Gasteiger partial charge in [0.15, 0.2) is 5.78 Å². The summed E-state index contributed by atoms with van der Waals surface area (Å²) >= 11 is 0. The summed E-state index contributed by atoms with van der Waals surface area (Å²) in [7, 11) is -1.60. The maximum Gasteiger partial charge on any atom is 0.163 e. The number of Topliss-reactive ketones (excluding diaryl/α,β-unsaturated/α-hetero) is 1. The summed E-state index contributed by atoms with van der Waals surface area (Å²) in [4.78, 5) is 12.3. The Morgan fingerprint density at radius 3 is 1.41 bits per heavy atom. The molecule has 0 aliphatic rings. The first-order valence-corrected chi connectivity index (χ1v) is 12.9. The Hall–Kier alpha value is -0.650. The van der Waals surface area contributed by atoms with Gasteiger partial charge in [-0.05, 0) is 19.1 Å². The van der Waals surface area contributed by atoms with Crippen LogP contribution in [0.3, 0.4) is 0 Å². The molecule has 0 saturated heterocycles. The Balaban J connectivity index is 3.43. The van der Waals surface area contributed by atoms with E-state index in [0.29, 0.717) is 11.3 Å². The Bertz CT molecular complexity index is 686. The van der Waals surface area contributed by atoms with Crippen LogP contribution in [0.1, 0.15) is 100 Å². The van der Waals surface area contributed by atoms with E-state index in [0.717, 1.165) is 5.75 Å². The van der Waals surface area contributed by atoms with Gasteiger partial charge in [0, 0.05) is 26.7 Å². The monoisotopic (exact) mass is 440 g/mol. The van der Waals surface area contributed by atoms with Gasteiger partial charge in [-0.2, -0.15) is 0 Å². The van der Waals surface area contributed by atoms with Crippen LogP contribution in [0, 0.1) is 0 Å². The number of ketones is 1. The van der Waals surface area contributed by atoms with Crippen LogP contribution in [-0.4, -0.2) is 26.4 Å². The van der Waals surface area contributed by atoms with Gasteiger partial charge in [-0.1, -0.05) is 83.1 Å². The van der Waals surface area contributed by atoms with Crippen LogP contribution >= 0.6 is 16.3 Å². The molecule has 0 spiro atoms. The first kappa shape index (κ1) is 26.4. The molecule has 0 saturated carbocycles. The van der Waals surface area contributed by atoms with Crippen molar-refractivity contribution in [2.24, 2.45) is 0 Å². The minimum Gasteiger partial charge on any atom is -0.473 e. The molecule has 0 aliphatic heterocycles. The Morgan fingerprint density at radius 1 is 0.690 bits per heavy atom. The SMILES string of the molecule is CC(=O)c1ccc(OP(C(C)(C)C)C(C)(C)C)cc1OP(C(C)(C)C)C(C)(C)C. The summed E-state index contributed by atoms with van der Waals surface area (Å²) in [5.74, 6) is 1.43. The Morgan fingerprint density at radius 2 is 1.07 bits per heavy atom. The van der Waals surface area contributed by atoms with Crippen molar-refractivity contribution in [3.05, 3.63) is 23.8 Å². The quantitative estimate of drug-likeness (QED) is 0.339. The molecule has 0 radical (unpaired) electrons. The lowest BCUT2D eigenvalue weighted by Gasteiger charge is -2.41. The van der Waals surface area contributed by atoms with Crippen LogP contribution in [0.15, 0.2) is 18.2 Å². The van der Waals surface area contributed by atoms with Crippen LogP contribution in [-0.2, 0) is 0 Å². The zero-order chi connectivity index (χ0) is 23.0. The predicted octanol–water partition coefficient (Wildman–Crippen LogP) is 8.63. The standard InChI is InChI=1S/C24H42O3P2/c1-17(25)19-15-14-18(26-28(21(2,3)4)22(5,6)7)16-20(19)27-29(23(8,9)10)24(11,12)13/h14-16H,1-13H3. The lowest BCUT2D eigenvalue weighted by molar-refractivity contribution is 0.101. The third-order valence-electron chi connectivity index (χ3n) is 4.16. The van der Waals surface area contributed by atoms with E-state index in [9.17, 15) is 4.79 Å². The second-order valence-electron chi connectivity index (χ2n) is 11.7. The van der Waals surface area contributed by atoms with Crippen molar-refractivity contribution in [2.45, 2.75) is 111 Å². The molecular weight excluding hydrogens is 398 g/mol. The molecule has 0 atom stereocenters. The van der Waals surface area contributed by atoms with Crippen LogP contribution in [0.2, 0.25) is 0 Å². The third-order valence-corrected chi connectivity index (χ3v) is 9.80. The minimum absolute atomic E-state index is 0.0120. The average molecular weight is 441 g/mol. The first-order chi connectivity index (χ1) is 12.7. The van der Waals surface area contributed by atoms with Crippen molar-refractivity contribution in [1.82, 2.24) is 0 Å². The van der Waals surface area contributed by atoms with Crippen molar-refractivity contribution in [3.8, 4) is 11.5 Å². The van der Waals surface area contributed by atoms with E-state index in [-0.39, 0.29) is 26.4 Å². The fourth-order valence-corrected chi connectivity index (χ4v) is 9.48. The first-order valence-electron chi connectivity index (χ1n) is 10.4. The maximum absolute atomic E-state index is 12.3. The van der Waals surface area contributed by atoms with Gasteiger partial charge in [-0.25, -0.2) is 0 Å². The van der Waals surface area contributed by atoms with Gasteiger partial charge in [-0.3, -0.25) is 4.79 Å². The highest BCUT2D eigenvalue weighted by Crippen LogP contribution is 2.62. The van der Waals surface area contributed by atoms with Crippen molar-refractivity contribution < 1.29 is 13.8 Å². The summed E-state index contributed by atoms with van der Waals surface area (Å²) in [6.45, 7) is 28.2. The van der Waals surface area contributed by atoms with Crippen molar-refractivity contribution in [2.75, 3.05) is 0 Å². The second kappa shape index (κ2) is 8.84. The molecule has 5 heteroatoms. The lowest BCUT2D eigenvalue weighted by atomic mass is 10.1. The molecule has 0 aliphatic carbocycles. The molecule has 0 heterocycles. The highest BCUT2D eigenvalue weighted by atomic mass is 31.1. The molecular formula is C24H42O3P2. The van der Waals surface area contributed by atoms with Gasteiger partial charge in [-0.15, -0.1) is 0 Å². The van der Waals surface area contributed by atoms with Gasteiger partial charge in [0.25, 0.3) is 0 Å². The number of carbonyl (C=O) groups excluding carboxylic acids is 1. The highest BCUT2D eigenvalue weighted by molar-refractivity contribution is 7.56. The smallest absolute Gasteiger partial charge is 0.163 e. The van der Waals surface area contributed by atoms with Gasteiger partial charge >= 0.3 is 0 Å².